The van der Waals surface area contributed by atoms with Gasteiger partial charge in [-0.15, -0.1) is 0 Å². The van der Waals surface area contributed by atoms with Crippen molar-refractivity contribution in [2.45, 2.75) is 6.42 Å². The summed E-state index contributed by atoms with van der Waals surface area (Å²) in [5.74, 6) is 0.552. The molecule has 0 fully saturated rings. The molecule has 0 radical (unpaired) electrons. The Morgan fingerprint density at radius 2 is 2.20 bits per heavy atom. The number of benzene rings is 1. The van der Waals surface area contributed by atoms with Crippen molar-refractivity contribution < 1.29 is 14.3 Å². The quantitative estimate of drug-likeness (QED) is 0.438. The number of nitrogen functional groups attached to an aromatic ring is 1. The summed E-state index contributed by atoms with van der Waals surface area (Å²) >= 11 is 0. The minimum Gasteiger partial charge on any atom is -0.491 e. The molecule has 0 aromatic heterocycles. The number of ether oxygens (including phenoxy) is 2. The summed E-state index contributed by atoms with van der Waals surface area (Å²) in [6, 6.07) is 4.95. The molecule has 0 spiro atoms. The molecule has 15 heavy (non-hydrogen) atoms. The zero-order chi connectivity index (χ0) is 11.1. The molecule has 0 heterocycles. The monoisotopic (exact) mass is 209 g/mol. The van der Waals surface area contributed by atoms with Crippen molar-refractivity contribution in [3.05, 3.63) is 23.8 Å². The van der Waals surface area contributed by atoms with E-state index in [1.54, 1.807) is 25.3 Å². The van der Waals surface area contributed by atoms with E-state index in [2.05, 4.69) is 0 Å². The molecule has 2 N–H and O–H groups in total. The predicted molar refractivity (Wildman–Crippen MR) is 58.2 cm³/mol. The fraction of sp³-hybridized carbons (Fsp3) is 0.364. The van der Waals surface area contributed by atoms with Crippen molar-refractivity contribution in [3.8, 4) is 5.75 Å². The van der Waals surface area contributed by atoms with Gasteiger partial charge in [0.25, 0.3) is 0 Å². The van der Waals surface area contributed by atoms with Crippen LogP contribution in [-0.4, -0.2) is 26.6 Å². The van der Waals surface area contributed by atoms with Crippen LogP contribution >= 0.6 is 0 Å². The van der Waals surface area contributed by atoms with Crippen molar-refractivity contribution in [1.29, 1.82) is 0 Å². The van der Waals surface area contributed by atoms with Crippen LogP contribution in [0.15, 0.2) is 18.2 Å². The Labute approximate surface area is 89.0 Å². The van der Waals surface area contributed by atoms with E-state index in [4.69, 9.17) is 15.2 Å². The lowest BCUT2D eigenvalue weighted by Gasteiger charge is -2.08. The Hall–Kier alpha value is -1.55. The van der Waals surface area contributed by atoms with Gasteiger partial charge in [0, 0.05) is 25.7 Å². The average molecular weight is 209 g/mol. The van der Waals surface area contributed by atoms with Crippen molar-refractivity contribution >= 4 is 12.0 Å². The normalized spacial score (nSPS) is 9.93. The van der Waals surface area contributed by atoms with Crippen LogP contribution in [0.3, 0.4) is 0 Å². The van der Waals surface area contributed by atoms with E-state index in [-0.39, 0.29) is 0 Å². The van der Waals surface area contributed by atoms with Crippen molar-refractivity contribution in [1.82, 2.24) is 0 Å². The molecular weight excluding hydrogens is 194 g/mol. The number of carbonyl (C=O) groups is 1. The van der Waals surface area contributed by atoms with Gasteiger partial charge in [-0.05, 0) is 18.2 Å². The Balaban J connectivity index is 2.55. The molecule has 1 aromatic carbocycles. The van der Waals surface area contributed by atoms with Gasteiger partial charge in [-0.1, -0.05) is 0 Å². The highest BCUT2D eigenvalue weighted by Gasteiger charge is 2.01. The van der Waals surface area contributed by atoms with E-state index in [0.717, 1.165) is 12.7 Å². The second-order valence-corrected chi connectivity index (χ2v) is 3.11. The molecule has 1 aromatic rings. The third-order valence-corrected chi connectivity index (χ3v) is 1.92. The summed E-state index contributed by atoms with van der Waals surface area (Å²) in [7, 11) is 1.64. The second-order valence-electron chi connectivity index (χ2n) is 3.11. The van der Waals surface area contributed by atoms with Gasteiger partial charge in [0.2, 0.25) is 0 Å². The molecule has 82 valence electrons. The molecule has 0 atom stereocenters. The molecule has 1 rings (SSSR count). The molecule has 4 heteroatoms. The summed E-state index contributed by atoms with van der Waals surface area (Å²) < 4.78 is 10.3. The third-order valence-electron chi connectivity index (χ3n) is 1.92. The minimum atomic E-state index is 0.528. The number of carbonyl (C=O) groups excluding carboxylic acids is 1. The van der Waals surface area contributed by atoms with Crippen molar-refractivity contribution in [3.63, 3.8) is 0 Å². The molecule has 0 aliphatic rings. The van der Waals surface area contributed by atoms with Crippen LogP contribution in [0, 0.1) is 0 Å². The molecule has 0 aliphatic carbocycles. The van der Waals surface area contributed by atoms with Crippen LogP contribution in [0.1, 0.15) is 16.8 Å². The first kappa shape index (κ1) is 11.5. The SMILES string of the molecule is COCCCOc1cc(C=O)ccc1N. The zero-order valence-corrected chi connectivity index (χ0v) is 8.73. The average Bonchev–Trinajstić information content (AvgIpc) is 2.26. The lowest BCUT2D eigenvalue weighted by atomic mass is 10.2. The summed E-state index contributed by atoms with van der Waals surface area (Å²) in [6.45, 7) is 1.17. The molecule has 4 nitrogen and oxygen atoms in total. The highest BCUT2D eigenvalue weighted by molar-refractivity contribution is 5.77. The standard InChI is InChI=1S/C11H15NO3/c1-14-5-2-6-15-11-7-9(8-13)3-4-10(11)12/h3-4,7-8H,2,5-6,12H2,1H3. The van der Waals surface area contributed by atoms with Gasteiger partial charge in [0.15, 0.2) is 0 Å². The van der Waals surface area contributed by atoms with Crippen LogP contribution in [0.4, 0.5) is 5.69 Å². The maximum atomic E-state index is 10.5. The van der Waals surface area contributed by atoms with E-state index in [9.17, 15) is 4.79 Å². The molecular formula is C11H15NO3. The van der Waals surface area contributed by atoms with Gasteiger partial charge in [-0.25, -0.2) is 0 Å². The van der Waals surface area contributed by atoms with E-state index >= 15 is 0 Å². The number of nitrogens with two attached hydrogens (primary N) is 1. The number of anilines is 1. The van der Waals surface area contributed by atoms with E-state index in [1.165, 1.54) is 0 Å². The molecule has 0 unspecified atom stereocenters. The highest BCUT2D eigenvalue weighted by atomic mass is 16.5. The first-order valence-electron chi connectivity index (χ1n) is 4.74. The Bertz CT molecular complexity index is 326. The van der Waals surface area contributed by atoms with Gasteiger partial charge in [0.1, 0.15) is 12.0 Å². The predicted octanol–water partition coefficient (Wildman–Crippen LogP) is 1.50. The molecule has 0 bridgehead atoms. The van der Waals surface area contributed by atoms with Crippen LogP contribution in [-0.2, 0) is 4.74 Å². The Morgan fingerprint density at radius 3 is 2.87 bits per heavy atom. The van der Waals surface area contributed by atoms with E-state index in [1.807, 2.05) is 0 Å². The number of aldehydes is 1. The van der Waals surface area contributed by atoms with Gasteiger partial charge < -0.3 is 15.2 Å². The fourth-order valence-corrected chi connectivity index (χ4v) is 1.13. The minimum absolute atomic E-state index is 0.528. The van der Waals surface area contributed by atoms with E-state index < -0.39 is 0 Å². The van der Waals surface area contributed by atoms with Crippen molar-refractivity contribution in [2.24, 2.45) is 0 Å². The number of hydrogen-bond donors (Lipinski definition) is 1. The van der Waals surface area contributed by atoms with Gasteiger partial charge >= 0.3 is 0 Å². The van der Waals surface area contributed by atoms with Gasteiger partial charge in [-0.3, -0.25) is 4.79 Å². The topological polar surface area (TPSA) is 61.5 Å². The maximum Gasteiger partial charge on any atom is 0.150 e. The van der Waals surface area contributed by atoms with E-state index in [0.29, 0.717) is 30.2 Å². The first-order chi connectivity index (χ1) is 7.27. The summed E-state index contributed by atoms with van der Waals surface area (Å²) in [5.41, 5.74) is 6.79. The molecule has 0 aliphatic heterocycles. The summed E-state index contributed by atoms with van der Waals surface area (Å²) in [4.78, 5) is 10.5. The largest absolute Gasteiger partial charge is 0.491 e. The van der Waals surface area contributed by atoms with Gasteiger partial charge in [-0.2, -0.15) is 0 Å². The second kappa shape index (κ2) is 6.03. The number of methoxy groups -OCH3 is 1. The lowest BCUT2D eigenvalue weighted by Crippen LogP contribution is -2.03. The molecule has 0 saturated heterocycles. The third kappa shape index (κ3) is 3.59. The van der Waals surface area contributed by atoms with Gasteiger partial charge in [0.05, 0.1) is 12.3 Å². The van der Waals surface area contributed by atoms with Crippen molar-refractivity contribution in [2.75, 3.05) is 26.1 Å². The molecule has 0 amide bonds. The fourth-order valence-electron chi connectivity index (χ4n) is 1.13. The van der Waals surface area contributed by atoms with Crippen LogP contribution in [0.5, 0.6) is 5.75 Å². The Morgan fingerprint density at radius 1 is 1.40 bits per heavy atom. The number of rotatable bonds is 6. The highest BCUT2D eigenvalue weighted by Crippen LogP contribution is 2.22. The van der Waals surface area contributed by atoms with Crippen LogP contribution in [0.25, 0.3) is 0 Å². The first-order valence-corrected chi connectivity index (χ1v) is 4.74. The lowest BCUT2D eigenvalue weighted by molar-refractivity contribution is 0.112. The smallest absolute Gasteiger partial charge is 0.150 e. The zero-order valence-electron chi connectivity index (χ0n) is 8.73. The molecule has 0 saturated carbocycles. The maximum absolute atomic E-state index is 10.5. The number of hydrogen-bond acceptors (Lipinski definition) is 4. The van der Waals surface area contributed by atoms with Crippen LogP contribution < -0.4 is 10.5 Å². The van der Waals surface area contributed by atoms with Crippen LogP contribution in [0.2, 0.25) is 0 Å². The summed E-state index contributed by atoms with van der Waals surface area (Å²) in [6.07, 6.45) is 1.56. The summed E-state index contributed by atoms with van der Waals surface area (Å²) in [5, 5.41) is 0. The Kier molecular flexibility index (Phi) is 4.63.